The van der Waals surface area contributed by atoms with E-state index in [4.69, 9.17) is 16.6 Å². The molecule has 0 spiro atoms. The molecular formula is C21H21ClN4. The Morgan fingerprint density at radius 1 is 1.08 bits per heavy atom. The second-order valence-electron chi connectivity index (χ2n) is 7.09. The molecular weight excluding hydrogens is 344 g/mol. The minimum absolute atomic E-state index is 0.117. The Kier molecular flexibility index (Phi) is 4.04. The van der Waals surface area contributed by atoms with E-state index in [2.05, 4.69) is 46.5 Å². The maximum atomic E-state index is 6.30. The fraction of sp³-hybridized carbons (Fsp3) is 0.286. The molecule has 2 heterocycles. The van der Waals surface area contributed by atoms with Gasteiger partial charge in [0.05, 0.1) is 11.7 Å². The number of nitrogens with one attached hydrogen (secondary N) is 3. The molecule has 5 heteroatoms. The fourth-order valence-corrected chi connectivity index (χ4v) is 4.37. The van der Waals surface area contributed by atoms with Gasteiger partial charge in [-0.15, -0.1) is 0 Å². The van der Waals surface area contributed by atoms with Gasteiger partial charge in [0.2, 0.25) is 0 Å². The average molecular weight is 365 g/mol. The van der Waals surface area contributed by atoms with Crippen LogP contribution in [0.1, 0.15) is 29.2 Å². The van der Waals surface area contributed by atoms with Gasteiger partial charge >= 0.3 is 0 Å². The highest BCUT2D eigenvalue weighted by molar-refractivity contribution is 6.31. The van der Waals surface area contributed by atoms with Gasteiger partial charge < -0.3 is 5.32 Å². The fourth-order valence-electron chi connectivity index (χ4n) is 4.20. The molecule has 2 atom stereocenters. The van der Waals surface area contributed by atoms with Gasteiger partial charge in [-0.2, -0.15) is 0 Å². The van der Waals surface area contributed by atoms with E-state index in [1.165, 1.54) is 28.9 Å². The SMILES string of the molecule is Clc1ccc2nc3c(c(NC4NNCC4c4ccccc4)c2c1)CCC3. The molecule has 2 aliphatic rings. The van der Waals surface area contributed by atoms with Crippen molar-refractivity contribution in [3.05, 3.63) is 70.4 Å². The Labute approximate surface area is 157 Å². The smallest absolute Gasteiger partial charge is 0.0978 e. The molecule has 3 aromatic rings. The number of halogens is 1. The van der Waals surface area contributed by atoms with E-state index in [0.717, 1.165) is 35.3 Å². The summed E-state index contributed by atoms with van der Waals surface area (Å²) in [6.45, 7) is 0.896. The molecule has 1 fully saturated rings. The standard InChI is InChI=1S/C21H21ClN4/c22-14-9-10-19-16(11-14)20(15-7-4-8-18(15)24-19)25-21-17(12-23-26-21)13-5-2-1-3-6-13/h1-3,5-6,9-11,17,21,23,26H,4,7-8,12H2,(H,24,25). The minimum Gasteiger partial charge on any atom is -0.367 e. The number of benzene rings is 2. The van der Waals surface area contributed by atoms with Gasteiger partial charge in [0.25, 0.3) is 0 Å². The minimum atomic E-state index is 0.117. The van der Waals surface area contributed by atoms with Crippen molar-refractivity contribution in [1.82, 2.24) is 15.8 Å². The molecule has 0 bridgehead atoms. The van der Waals surface area contributed by atoms with E-state index < -0.39 is 0 Å². The van der Waals surface area contributed by atoms with Crippen LogP contribution in [0.2, 0.25) is 5.02 Å². The topological polar surface area (TPSA) is 49.0 Å². The van der Waals surface area contributed by atoms with Crippen molar-refractivity contribution in [1.29, 1.82) is 0 Å². The molecule has 1 aliphatic heterocycles. The summed E-state index contributed by atoms with van der Waals surface area (Å²) in [5.41, 5.74) is 12.8. The molecule has 3 N–H and O–H groups in total. The predicted octanol–water partition coefficient (Wildman–Crippen LogP) is 4.01. The van der Waals surface area contributed by atoms with Crippen molar-refractivity contribution in [2.45, 2.75) is 31.3 Å². The predicted molar refractivity (Wildman–Crippen MR) is 107 cm³/mol. The van der Waals surface area contributed by atoms with Gasteiger partial charge in [0.1, 0.15) is 0 Å². The first-order valence-electron chi connectivity index (χ1n) is 9.20. The highest BCUT2D eigenvalue weighted by Gasteiger charge is 2.30. The third-order valence-electron chi connectivity index (χ3n) is 5.48. The molecule has 0 radical (unpaired) electrons. The third kappa shape index (κ3) is 2.75. The number of hydrogen-bond acceptors (Lipinski definition) is 4. The zero-order valence-corrected chi connectivity index (χ0v) is 15.2. The lowest BCUT2D eigenvalue weighted by atomic mass is 9.96. The lowest BCUT2D eigenvalue weighted by molar-refractivity contribution is 0.582. The van der Waals surface area contributed by atoms with Crippen LogP contribution in [0.4, 0.5) is 5.69 Å². The van der Waals surface area contributed by atoms with Gasteiger partial charge in [0, 0.05) is 34.3 Å². The van der Waals surface area contributed by atoms with E-state index in [0.29, 0.717) is 5.92 Å². The highest BCUT2D eigenvalue weighted by atomic mass is 35.5. The summed E-state index contributed by atoms with van der Waals surface area (Å²) in [6, 6.07) is 16.6. The summed E-state index contributed by atoms with van der Waals surface area (Å²) >= 11 is 6.30. The molecule has 1 aromatic heterocycles. The normalized spacial score (nSPS) is 21.9. The van der Waals surface area contributed by atoms with Gasteiger partial charge in [-0.3, -0.25) is 10.4 Å². The van der Waals surface area contributed by atoms with Crippen LogP contribution < -0.4 is 16.2 Å². The van der Waals surface area contributed by atoms with E-state index in [9.17, 15) is 0 Å². The number of rotatable bonds is 3. The summed E-state index contributed by atoms with van der Waals surface area (Å²) in [4.78, 5) is 4.87. The van der Waals surface area contributed by atoms with Crippen LogP contribution in [0.15, 0.2) is 48.5 Å². The van der Waals surface area contributed by atoms with E-state index >= 15 is 0 Å². The van der Waals surface area contributed by atoms with Crippen LogP contribution in [0.25, 0.3) is 10.9 Å². The maximum absolute atomic E-state index is 6.30. The first-order valence-corrected chi connectivity index (χ1v) is 9.58. The number of aryl methyl sites for hydroxylation is 1. The lowest BCUT2D eigenvalue weighted by Gasteiger charge is -2.24. The van der Waals surface area contributed by atoms with Crippen LogP contribution in [-0.4, -0.2) is 17.7 Å². The van der Waals surface area contributed by atoms with E-state index in [1.54, 1.807) is 0 Å². The average Bonchev–Trinajstić information content (AvgIpc) is 3.32. The molecule has 2 unspecified atom stereocenters. The van der Waals surface area contributed by atoms with Crippen molar-refractivity contribution < 1.29 is 0 Å². The van der Waals surface area contributed by atoms with Crippen LogP contribution in [0.5, 0.6) is 0 Å². The molecule has 1 saturated heterocycles. The summed E-state index contributed by atoms with van der Waals surface area (Å²) in [6.07, 6.45) is 3.41. The molecule has 26 heavy (non-hydrogen) atoms. The number of nitrogens with zero attached hydrogens (tertiary/aromatic N) is 1. The van der Waals surface area contributed by atoms with Crippen LogP contribution in [-0.2, 0) is 12.8 Å². The third-order valence-corrected chi connectivity index (χ3v) is 5.72. The first kappa shape index (κ1) is 16.1. The van der Waals surface area contributed by atoms with Crippen molar-refractivity contribution >= 4 is 28.2 Å². The Morgan fingerprint density at radius 2 is 1.96 bits per heavy atom. The molecule has 5 rings (SSSR count). The number of aromatic nitrogens is 1. The van der Waals surface area contributed by atoms with Crippen molar-refractivity contribution in [3.8, 4) is 0 Å². The van der Waals surface area contributed by atoms with Gasteiger partial charge in [-0.1, -0.05) is 41.9 Å². The lowest BCUT2D eigenvalue weighted by Crippen LogP contribution is -2.38. The number of hydrazine groups is 1. The van der Waals surface area contributed by atoms with Crippen molar-refractivity contribution in [2.24, 2.45) is 0 Å². The Bertz CT molecular complexity index is 957. The molecule has 4 nitrogen and oxygen atoms in total. The quantitative estimate of drug-likeness (QED) is 0.657. The van der Waals surface area contributed by atoms with Crippen molar-refractivity contribution in [2.75, 3.05) is 11.9 Å². The zero-order chi connectivity index (χ0) is 17.5. The summed E-state index contributed by atoms with van der Waals surface area (Å²) in [5, 5.41) is 5.65. The molecule has 0 saturated carbocycles. The molecule has 1 aliphatic carbocycles. The molecule has 0 amide bonds. The van der Waals surface area contributed by atoms with Gasteiger partial charge in [-0.25, -0.2) is 5.43 Å². The summed E-state index contributed by atoms with van der Waals surface area (Å²) in [7, 11) is 0. The Balaban J connectivity index is 1.58. The maximum Gasteiger partial charge on any atom is 0.0978 e. The Hall–Kier alpha value is -2.14. The van der Waals surface area contributed by atoms with Crippen molar-refractivity contribution in [3.63, 3.8) is 0 Å². The second-order valence-corrected chi connectivity index (χ2v) is 7.53. The monoisotopic (exact) mass is 364 g/mol. The highest BCUT2D eigenvalue weighted by Crippen LogP contribution is 2.36. The molecule has 2 aromatic carbocycles. The number of fused-ring (bicyclic) bond motifs is 2. The zero-order valence-electron chi connectivity index (χ0n) is 14.4. The number of anilines is 1. The van der Waals surface area contributed by atoms with E-state index in [1.807, 2.05) is 18.2 Å². The van der Waals surface area contributed by atoms with Gasteiger partial charge in [-0.05, 0) is 48.6 Å². The van der Waals surface area contributed by atoms with Crippen LogP contribution >= 0.6 is 11.6 Å². The number of hydrogen-bond donors (Lipinski definition) is 3. The first-order chi connectivity index (χ1) is 12.8. The molecule has 132 valence electrons. The second kappa shape index (κ2) is 6.54. The van der Waals surface area contributed by atoms with Crippen LogP contribution in [0.3, 0.4) is 0 Å². The van der Waals surface area contributed by atoms with Crippen LogP contribution in [0, 0.1) is 0 Å². The summed E-state index contributed by atoms with van der Waals surface area (Å²) < 4.78 is 0. The Morgan fingerprint density at radius 3 is 2.85 bits per heavy atom. The van der Waals surface area contributed by atoms with Gasteiger partial charge in [0.15, 0.2) is 0 Å². The largest absolute Gasteiger partial charge is 0.367 e. The number of pyridine rings is 1. The summed E-state index contributed by atoms with van der Waals surface area (Å²) in [5.74, 6) is 0.357. The van der Waals surface area contributed by atoms with E-state index in [-0.39, 0.29) is 6.17 Å².